The van der Waals surface area contributed by atoms with E-state index in [1.54, 1.807) is 31.2 Å². The van der Waals surface area contributed by atoms with Crippen LogP contribution in [0.1, 0.15) is 60.9 Å². The second-order valence-corrected chi connectivity index (χ2v) is 8.16. The number of nitrogens with zero attached hydrogens (tertiary/aromatic N) is 1. The molecule has 2 aliphatic carbocycles. The average molecular weight is 362 g/mol. The Bertz CT molecular complexity index is 718. The molecule has 1 unspecified atom stereocenters. The number of benzene rings is 1. The Labute approximate surface area is 151 Å². The number of hydrogen-bond donors (Lipinski definition) is 1. The first-order valence-corrected chi connectivity index (χ1v) is 9.37. The highest BCUT2D eigenvalue weighted by Gasteiger charge is 2.57. The van der Waals surface area contributed by atoms with Gasteiger partial charge in [0.2, 0.25) is 5.91 Å². The minimum Gasteiger partial charge on any atom is -0.341 e. The van der Waals surface area contributed by atoms with Crippen LogP contribution in [0.25, 0.3) is 0 Å². The minimum absolute atomic E-state index is 0.0527. The van der Waals surface area contributed by atoms with E-state index in [2.05, 4.69) is 5.32 Å². The van der Waals surface area contributed by atoms with Crippen molar-refractivity contribution in [3.63, 3.8) is 0 Å². The SMILES string of the molecule is C[C@H](NC(=O)c1ccc(C2CC2(F)F)cc1)C(=O)N1CCC2(CC1)CC2. The maximum Gasteiger partial charge on any atom is 0.255 e. The summed E-state index contributed by atoms with van der Waals surface area (Å²) >= 11 is 0. The van der Waals surface area contributed by atoms with Gasteiger partial charge in [0.1, 0.15) is 6.04 Å². The molecule has 1 spiro atoms. The van der Waals surface area contributed by atoms with Gasteiger partial charge in [-0.05, 0) is 55.7 Å². The van der Waals surface area contributed by atoms with Gasteiger partial charge in [0.05, 0.1) is 5.92 Å². The third-order valence-corrected chi connectivity index (χ3v) is 6.21. The summed E-state index contributed by atoms with van der Waals surface area (Å²) in [5.74, 6) is -3.74. The number of piperidine rings is 1. The van der Waals surface area contributed by atoms with Crippen molar-refractivity contribution in [1.82, 2.24) is 10.2 Å². The van der Waals surface area contributed by atoms with Gasteiger partial charge in [0.25, 0.3) is 11.8 Å². The lowest BCUT2D eigenvalue weighted by Crippen LogP contribution is -2.49. The number of carbonyl (C=O) groups is 2. The van der Waals surface area contributed by atoms with Crippen LogP contribution in [0.15, 0.2) is 24.3 Å². The molecular weight excluding hydrogens is 338 g/mol. The van der Waals surface area contributed by atoms with Gasteiger partial charge in [0.15, 0.2) is 0 Å². The fourth-order valence-electron chi connectivity index (χ4n) is 3.94. The zero-order valence-electron chi connectivity index (χ0n) is 14.9. The van der Waals surface area contributed by atoms with Gasteiger partial charge in [-0.3, -0.25) is 9.59 Å². The highest BCUT2D eigenvalue weighted by Crippen LogP contribution is 2.55. The molecule has 0 aromatic heterocycles. The van der Waals surface area contributed by atoms with E-state index in [4.69, 9.17) is 0 Å². The summed E-state index contributed by atoms with van der Waals surface area (Å²) in [4.78, 5) is 26.7. The van der Waals surface area contributed by atoms with Crippen LogP contribution >= 0.6 is 0 Å². The third-order valence-electron chi connectivity index (χ3n) is 6.21. The van der Waals surface area contributed by atoms with Crippen molar-refractivity contribution in [1.29, 1.82) is 0 Å². The number of alkyl halides is 2. The van der Waals surface area contributed by atoms with Crippen LogP contribution in [0.2, 0.25) is 0 Å². The normalized spacial score (nSPS) is 26.3. The van der Waals surface area contributed by atoms with Crippen LogP contribution in [0, 0.1) is 5.41 Å². The molecule has 1 aromatic rings. The summed E-state index contributed by atoms with van der Waals surface area (Å²) in [5.41, 5.74) is 1.44. The smallest absolute Gasteiger partial charge is 0.255 e. The highest BCUT2D eigenvalue weighted by atomic mass is 19.3. The van der Waals surface area contributed by atoms with Gasteiger partial charge in [-0.15, -0.1) is 0 Å². The Morgan fingerprint density at radius 3 is 2.19 bits per heavy atom. The van der Waals surface area contributed by atoms with Crippen molar-refractivity contribution < 1.29 is 18.4 Å². The van der Waals surface area contributed by atoms with Gasteiger partial charge < -0.3 is 10.2 Å². The Kier molecular flexibility index (Phi) is 4.04. The monoisotopic (exact) mass is 362 g/mol. The number of halogens is 2. The van der Waals surface area contributed by atoms with E-state index in [1.165, 1.54) is 12.8 Å². The minimum atomic E-state index is -2.61. The molecule has 0 bridgehead atoms. The van der Waals surface area contributed by atoms with Crippen LogP contribution in [0.5, 0.6) is 0 Å². The lowest BCUT2D eigenvalue weighted by Gasteiger charge is -2.33. The molecule has 0 radical (unpaired) electrons. The van der Waals surface area contributed by atoms with Crippen LogP contribution in [-0.2, 0) is 4.79 Å². The predicted molar refractivity (Wildman–Crippen MR) is 93.2 cm³/mol. The average Bonchev–Trinajstić information content (AvgIpc) is 3.52. The quantitative estimate of drug-likeness (QED) is 0.893. The van der Waals surface area contributed by atoms with Gasteiger partial charge in [-0.2, -0.15) is 0 Å². The van der Waals surface area contributed by atoms with Gasteiger partial charge in [-0.25, -0.2) is 8.78 Å². The van der Waals surface area contributed by atoms with Crippen molar-refractivity contribution in [2.45, 2.75) is 56.9 Å². The molecule has 6 heteroatoms. The van der Waals surface area contributed by atoms with Crippen LogP contribution in [0.4, 0.5) is 8.78 Å². The van der Waals surface area contributed by atoms with Crippen molar-refractivity contribution in [2.24, 2.45) is 5.41 Å². The summed E-state index contributed by atoms with van der Waals surface area (Å²) < 4.78 is 26.2. The predicted octanol–water partition coefficient (Wildman–Crippen LogP) is 3.33. The molecule has 2 amide bonds. The van der Waals surface area contributed by atoms with E-state index in [0.717, 1.165) is 25.9 Å². The molecule has 140 valence electrons. The molecule has 1 aromatic carbocycles. The second kappa shape index (κ2) is 6.03. The summed E-state index contributed by atoms with van der Waals surface area (Å²) in [6, 6.07) is 5.66. The fourth-order valence-corrected chi connectivity index (χ4v) is 3.94. The Balaban J connectivity index is 1.31. The third kappa shape index (κ3) is 3.33. The van der Waals surface area contributed by atoms with E-state index >= 15 is 0 Å². The zero-order chi connectivity index (χ0) is 18.5. The first-order valence-electron chi connectivity index (χ1n) is 9.37. The Hall–Kier alpha value is -1.98. The molecule has 2 atom stereocenters. The van der Waals surface area contributed by atoms with Crippen molar-refractivity contribution in [3.8, 4) is 0 Å². The summed E-state index contributed by atoms with van der Waals surface area (Å²) in [7, 11) is 0. The van der Waals surface area contributed by atoms with Crippen molar-refractivity contribution >= 4 is 11.8 Å². The number of carbonyl (C=O) groups excluding carboxylic acids is 2. The molecule has 1 N–H and O–H groups in total. The Morgan fingerprint density at radius 2 is 1.69 bits per heavy atom. The molecule has 26 heavy (non-hydrogen) atoms. The van der Waals surface area contributed by atoms with E-state index in [-0.39, 0.29) is 18.2 Å². The van der Waals surface area contributed by atoms with E-state index in [0.29, 0.717) is 16.5 Å². The zero-order valence-corrected chi connectivity index (χ0v) is 14.9. The van der Waals surface area contributed by atoms with Gasteiger partial charge in [-0.1, -0.05) is 12.1 Å². The number of likely N-dealkylation sites (tertiary alicyclic amines) is 1. The summed E-state index contributed by atoms with van der Waals surface area (Å²) in [6.45, 7) is 3.23. The second-order valence-electron chi connectivity index (χ2n) is 8.16. The number of hydrogen-bond acceptors (Lipinski definition) is 2. The molecule has 4 nitrogen and oxygen atoms in total. The number of rotatable bonds is 4. The molecule has 1 saturated heterocycles. The van der Waals surface area contributed by atoms with Crippen LogP contribution in [-0.4, -0.2) is 41.8 Å². The molecule has 4 rings (SSSR count). The van der Waals surface area contributed by atoms with Crippen molar-refractivity contribution in [3.05, 3.63) is 35.4 Å². The number of nitrogens with one attached hydrogen (secondary N) is 1. The van der Waals surface area contributed by atoms with Crippen LogP contribution < -0.4 is 5.32 Å². The number of amides is 2. The molecule has 3 aliphatic rings. The molecular formula is C20H24F2N2O2. The maximum atomic E-state index is 13.1. The van der Waals surface area contributed by atoms with E-state index in [9.17, 15) is 18.4 Å². The van der Waals surface area contributed by atoms with E-state index < -0.39 is 17.9 Å². The summed E-state index contributed by atoms with van der Waals surface area (Å²) in [6.07, 6.45) is 4.56. The lowest BCUT2D eigenvalue weighted by molar-refractivity contribution is -0.134. The van der Waals surface area contributed by atoms with Crippen molar-refractivity contribution in [2.75, 3.05) is 13.1 Å². The molecule has 1 heterocycles. The maximum absolute atomic E-state index is 13.1. The molecule has 1 aliphatic heterocycles. The molecule has 3 fully saturated rings. The fraction of sp³-hybridized carbons (Fsp3) is 0.600. The Morgan fingerprint density at radius 1 is 1.12 bits per heavy atom. The van der Waals surface area contributed by atoms with Crippen LogP contribution in [0.3, 0.4) is 0 Å². The van der Waals surface area contributed by atoms with E-state index in [1.807, 2.05) is 4.90 Å². The molecule has 2 saturated carbocycles. The van der Waals surface area contributed by atoms with Gasteiger partial charge in [0, 0.05) is 25.1 Å². The first-order chi connectivity index (χ1) is 12.3. The standard InChI is InChI=1S/C20H24F2N2O2/c1-13(18(26)24-10-8-19(6-7-19)9-11-24)23-17(25)15-4-2-14(3-5-15)16-12-20(16,21)22/h2-5,13,16H,6-12H2,1H3,(H,23,25)/t13-,16?/m0/s1. The first kappa shape index (κ1) is 17.4. The largest absolute Gasteiger partial charge is 0.341 e. The highest BCUT2D eigenvalue weighted by molar-refractivity contribution is 5.97. The van der Waals surface area contributed by atoms with Gasteiger partial charge >= 0.3 is 0 Å². The lowest BCUT2D eigenvalue weighted by atomic mass is 9.93. The summed E-state index contributed by atoms with van der Waals surface area (Å²) in [5, 5.41) is 2.73. The topological polar surface area (TPSA) is 49.4 Å².